The average molecular weight is 404 g/mol. The van der Waals surface area contributed by atoms with Gasteiger partial charge in [0.2, 0.25) is 5.75 Å². The largest absolute Gasteiger partial charge is 0.508 e. The van der Waals surface area contributed by atoms with Crippen molar-refractivity contribution in [2.24, 2.45) is 0 Å². The van der Waals surface area contributed by atoms with E-state index in [1.165, 1.54) is 0 Å². The number of methoxy groups -OCH3 is 3. The fourth-order valence-electron chi connectivity index (χ4n) is 3.19. The van der Waals surface area contributed by atoms with E-state index in [-0.39, 0.29) is 5.75 Å². The number of thiocarbonyl (C=S) groups is 1. The summed E-state index contributed by atoms with van der Waals surface area (Å²) in [6, 6.07) is 10.9. The number of rotatable bonds is 5. The number of ether oxygens (including phenoxy) is 3. The molecule has 1 fully saturated rings. The molecule has 0 spiro atoms. The van der Waals surface area contributed by atoms with Crippen LogP contribution in [0.1, 0.15) is 0 Å². The Hall–Kier alpha value is -2.87. The summed E-state index contributed by atoms with van der Waals surface area (Å²) in [5.41, 5.74) is 1.88. The Bertz CT molecular complexity index is 796. The maximum atomic E-state index is 9.44. The van der Waals surface area contributed by atoms with Gasteiger partial charge >= 0.3 is 0 Å². The number of anilines is 2. The number of hydrogen-bond acceptors (Lipinski definition) is 6. The standard InChI is InChI=1S/C20H25N3O4S/c1-25-17-12-14(13-18(26-2)19(17)27-3)21-20(28)23-10-8-22(9-11-23)15-4-6-16(24)7-5-15/h4-7,12-13,24H,8-11H2,1-3H3,(H,21,28). The predicted molar refractivity (Wildman–Crippen MR) is 114 cm³/mol. The van der Waals surface area contributed by atoms with E-state index < -0.39 is 0 Å². The van der Waals surface area contributed by atoms with Gasteiger partial charge in [0.1, 0.15) is 5.75 Å². The van der Waals surface area contributed by atoms with E-state index >= 15 is 0 Å². The van der Waals surface area contributed by atoms with E-state index in [0.29, 0.717) is 22.4 Å². The molecule has 8 heteroatoms. The molecule has 1 heterocycles. The zero-order valence-corrected chi connectivity index (χ0v) is 17.1. The number of nitrogens with zero attached hydrogens (tertiary/aromatic N) is 2. The van der Waals surface area contributed by atoms with Crippen molar-refractivity contribution < 1.29 is 19.3 Å². The van der Waals surface area contributed by atoms with Crippen LogP contribution in [0.5, 0.6) is 23.0 Å². The van der Waals surface area contributed by atoms with Crippen LogP contribution < -0.4 is 24.4 Å². The molecule has 1 saturated heterocycles. The van der Waals surface area contributed by atoms with Crippen LogP contribution in [0.2, 0.25) is 0 Å². The van der Waals surface area contributed by atoms with Crippen molar-refractivity contribution in [3.8, 4) is 23.0 Å². The molecule has 28 heavy (non-hydrogen) atoms. The predicted octanol–water partition coefficient (Wildman–Crippen LogP) is 2.94. The molecule has 0 aliphatic carbocycles. The van der Waals surface area contributed by atoms with E-state index in [9.17, 15) is 5.11 Å². The molecule has 2 aromatic rings. The van der Waals surface area contributed by atoms with Gasteiger partial charge in [-0.2, -0.15) is 0 Å². The lowest BCUT2D eigenvalue weighted by Crippen LogP contribution is -2.50. The van der Waals surface area contributed by atoms with E-state index in [4.69, 9.17) is 26.4 Å². The van der Waals surface area contributed by atoms with Crippen LogP contribution in [0.15, 0.2) is 36.4 Å². The van der Waals surface area contributed by atoms with Gasteiger partial charge in [0, 0.05) is 49.7 Å². The zero-order valence-electron chi connectivity index (χ0n) is 16.3. The van der Waals surface area contributed by atoms with Crippen molar-refractivity contribution in [3.63, 3.8) is 0 Å². The van der Waals surface area contributed by atoms with Crippen molar-refractivity contribution in [2.45, 2.75) is 0 Å². The van der Waals surface area contributed by atoms with Crippen LogP contribution in [0.3, 0.4) is 0 Å². The summed E-state index contributed by atoms with van der Waals surface area (Å²) in [5, 5.41) is 13.4. The quantitative estimate of drug-likeness (QED) is 0.739. The molecule has 0 atom stereocenters. The van der Waals surface area contributed by atoms with Crippen molar-refractivity contribution in [1.82, 2.24) is 4.90 Å². The number of phenolic OH excluding ortho intramolecular Hbond substituents is 1. The van der Waals surface area contributed by atoms with Gasteiger partial charge in [-0.1, -0.05) is 0 Å². The minimum atomic E-state index is 0.276. The molecule has 1 aliphatic heterocycles. The molecule has 1 aliphatic rings. The Morgan fingerprint density at radius 3 is 2.00 bits per heavy atom. The SMILES string of the molecule is COc1cc(NC(=S)N2CCN(c3ccc(O)cc3)CC2)cc(OC)c1OC. The third-order valence-corrected chi connectivity index (χ3v) is 5.06. The number of phenols is 1. The van der Waals surface area contributed by atoms with Gasteiger partial charge in [-0.15, -0.1) is 0 Å². The van der Waals surface area contributed by atoms with E-state index in [2.05, 4.69) is 15.1 Å². The third kappa shape index (κ3) is 4.33. The maximum absolute atomic E-state index is 9.44. The zero-order chi connectivity index (χ0) is 20.1. The molecule has 0 aromatic heterocycles. The van der Waals surface area contributed by atoms with Crippen LogP contribution in [-0.4, -0.2) is 62.6 Å². The first-order chi connectivity index (χ1) is 13.5. The van der Waals surface area contributed by atoms with Crippen LogP contribution in [0, 0.1) is 0 Å². The first kappa shape index (κ1) is 19.9. The molecule has 0 radical (unpaired) electrons. The molecule has 0 unspecified atom stereocenters. The maximum Gasteiger partial charge on any atom is 0.203 e. The summed E-state index contributed by atoms with van der Waals surface area (Å²) in [6.07, 6.45) is 0. The van der Waals surface area contributed by atoms with Crippen molar-refractivity contribution in [3.05, 3.63) is 36.4 Å². The second-order valence-corrected chi connectivity index (χ2v) is 6.72. The minimum Gasteiger partial charge on any atom is -0.508 e. The van der Waals surface area contributed by atoms with Gasteiger partial charge in [-0.3, -0.25) is 0 Å². The molecule has 3 rings (SSSR count). The average Bonchev–Trinajstić information content (AvgIpc) is 2.73. The molecule has 2 aromatic carbocycles. The fourth-order valence-corrected chi connectivity index (χ4v) is 3.49. The monoisotopic (exact) mass is 403 g/mol. The highest BCUT2D eigenvalue weighted by molar-refractivity contribution is 7.80. The normalized spacial score (nSPS) is 13.8. The second kappa shape index (κ2) is 8.88. The van der Waals surface area contributed by atoms with Gasteiger partial charge in [-0.05, 0) is 36.5 Å². The Balaban J connectivity index is 1.63. The lowest BCUT2D eigenvalue weighted by Gasteiger charge is -2.37. The van der Waals surface area contributed by atoms with Gasteiger partial charge in [-0.25, -0.2) is 0 Å². The Kier molecular flexibility index (Phi) is 6.30. The smallest absolute Gasteiger partial charge is 0.203 e. The lowest BCUT2D eigenvalue weighted by molar-refractivity contribution is 0.324. The number of hydrogen-bond donors (Lipinski definition) is 2. The number of piperazine rings is 1. The second-order valence-electron chi connectivity index (χ2n) is 6.33. The van der Waals surface area contributed by atoms with Crippen LogP contribution >= 0.6 is 12.2 Å². The Labute approximate surface area is 170 Å². The number of benzene rings is 2. The van der Waals surface area contributed by atoms with Gasteiger partial charge in [0.15, 0.2) is 16.6 Å². The van der Waals surface area contributed by atoms with Gasteiger partial charge < -0.3 is 34.4 Å². The molecule has 7 nitrogen and oxygen atoms in total. The highest BCUT2D eigenvalue weighted by atomic mass is 32.1. The van der Waals surface area contributed by atoms with Gasteiger partial charge in [0.25, 0.3) is 0 Å². The summed E-state index contributed by atoms with van der Waals surface area (Å²) < 4.78 is 16.1. The molecule has 2 N–H and O–H groups in total. The molecule has 0 amide bonds. The Morgan fingerprint density at radius 1 is 0.929 bits per heavy atom. The van der Waals surface area contributed by atoms with Crippen LogP contribution in [0.4, 0.5) is 11.4 Å². The number of nitrogens with one attached hydrogen (secondary N) is 1. The topological polar surface area (TPSA) is 66.4 Å². The first-order valence-electron chi connectivity index (χ1n) is 8.95. The summed E-state index contributed by atoms with van der Waals surface area (Å²) in [5.74, 6) is 1.97. The molecule has 150 valence electrons. The van der Waals surface area contributed by atoms with Crippen molar-refractivity contribution in [1.29, 1.82) is 0 Å². The van der Waals surface area contributed by atoms with E-state index in [1.807, 2.05) is 24.3 Å². The Morgan fingerprint density at radius 2 is 1.50 bits per heavy atom. The summed E-state index contributed by atoms with van der Waals surface area (Å²) >= 11 is 5.60. The highest BCUT2D eigenvalue weighted by Crippen LogP contribution is 2.40. The minimum absolute atomic E-state index is 0.276. The van der Waals surface area contributed by atoms with E-state index in [0.717, 1.165) is 37.6 Å². The molecular weight excluding hydrogens is 378 g/mol. The summed E-state index contributed by atoms with van der Waals surface area (Å²) in [4.78, 5) is 4.41. The number of aromatic hydroxyl groups is 1. The fraction of sp³-hybridized carbons (Fsp3) is 0.350. The van der Waals surface area contributed by atoms with E-state index in [1.54, 1.807) is 33.5 Å². The van der Waals surface area contributed by atoms with Crippen LogP contribution in [-0.2, 0) is 0 Å². The summed E-state index contributed by atoms with van der Waals surface area (Å²) in [6.45, 7) is 3.30. The van der Waals surface area contributed by atoms with Gasteiger partial charge in [0.05, 0.1) is 21.3 Å². The molecule has 0 bridgehead atoms. The molecule has 0 saturated carbocycles. The van der Waals surface area contributed by atoms with Crippen LogP contribution in [0.25, 0.3) is 0 Å². The highest BCUT2D eigenvalue weighted by Gasteiger charge is 2.20. The first-order valence-corrected chi connectivity index (χ1v) is 9.36. The van der Waals surface area contributed by atoms with Crippen molar-refractivity contribution in [2.75, 3.05) is 57.7 Å². The van der Waals surface area contributed by atoms with Crippen molar-refractivity contribution >= 4 is 28.7 Å². The third-order valence-electron chi connectivity index (χ3n) is 4.70. The summed E-state index contributed by atoms with van der Waals surface area (Å²) in [7, 11) is 4.75. The lowest BCUT2D eigenvalue weighted by atomic mass is 10.2. The molecular formula is C20H25N3O4S.